The van der Waals surface area contributed by atoms with Crippen LogP contribution in [0.2, 0.25) is 0 Å². The number of hydrogen-bond acceptors (Lipinski definition) is 6. The molecule has 4 aromatic rings. The van der Waals surface area contributed by atoms with Crippen LogP contribution in [0, 0.1) is 26.7 Å². The quantitative estimate of drug-likeness (QED) is 0.0478. The van der Waals surface area contributed by atoms with Crippen LogP contribution in [0.3, 0.4) is 0 Å². The molecule has 6 nitrogen and oxygen atoms in total. The molecule has 4 rings (SSSR count). The maximum Gasteiger partial charge on any atom is 0.330 e. The molecule has 0 aromatic heterocycles. The summed E-state index contributed by atoms with van der Waals surface area (Å²) >= 11 is 0. The first-order valence-corrected chi connectivity index (χ1v) is 20.9. The summed E-state index contributed by atoms with van der Waals surface area (Å²) in [5, 5.41) is 18.8. The fourth-order valence-corrected chi connectivity index (χ4v) is 5.36. The molecule has 0 heterocycles. The van der Waals surface area contributed by atoms with Crippen molar-refractivity contribution in [2.75, 3.05) is 19.8 Å². The standard InChI is InChI=1S/C22H26O4.C17H20.C8H14O2.C6H14/c1-5-21(24)26-15-19(23)14-25-20-12-10-18(11-13-20)22(3,4)17-8-6-16(2)7-9-17;1-13-5-9-15(10-6-13)17(3,4)16-11-7-14(2)8-12-16;1-4-7(3)10-6-8(9)5-2;1-4-6(3)5-2/h5-13,19,23H,1,14-15H2,2-4H3;5-12H,1-4H3;4,8-9H,1,3,5-6H2,2H3;6H,4-5H2,1-3H3. The van der Waals surface area contributed by atoms with E-state index < -0.39 is 18.2 Å². The molecule has 2 N–H and O–H groups in total. The molecular weight excluding hydrogens is 733 g/mol. The predicted molar refractivity (Wildman–Crippen MR) is 248 cm³/mol. The van der Waals surface area contributed by atoms with E-state index in [1.54, 1.807) is 0 Å². The lowest BCUT2D eigenvalue weighted by atomic mass is 9.78. The molecule has 322 valence electrons. The van der Waals surface area contributed by atoms with Gasteiger partial charge in [0.25, 0.3) is 0 Å². The van der Waals surface area contributed by atoms with Crippen LogP contribution in [-0.2, 0) is 25.1 Å². The second-order valence-electron chi connectivity index (χ2n) is 16.1. The number of ether oxygens (including phenoxy) is 3. The van der Waals surface area contributed by atoms with Gasteiger partial charge in [-0.25, -0.2) is 4.79 Å². The van der Waals surface area contributed by atoms with Crippen molar-refractivity contribution in [2.24, 2.45) is 5.92 Å². The summed E-state index contributed by atoms with van der Waals surface area (Å²) in [4.78, 5) is 11.0. The molecule has 6 heteroatoms. The highest BCUT2D eigenvalue weighted by Gasteiger charge is 2.24. The van der Waals surface area contributed by atoms with Crippen LogP contribution in [-0.4, -0.2) is 48.2 Å². The van der Waals surface area contributed by atoms with Gasteiger partial charge in [-0.2, -0.15) is 0 Å². The molecular formula is C53H74O6. The molecule has 0 amide bonds. The lowest BCUT2D eigenvalue weighted by Crippen LogP contribution is -2.24. The topological polar surface area (TPSA) is 85.2 Å². The molecule has 0 aliphatic heterocycles. The van der Waals surface area contributed by atoms with Crippen molar-refractivity contribution in [1.82, 2.24) is 0 Å². The van der Waals surface area contributed by atoms with Crippen molar-refractivity contribution in [3.63, 3.8) is 0 Å². The smallest absolute Gasteiger partial charge is 0.330 e. The lowest BCUT2D eigenvalue weighted by molar-refractivity contribution is -0.141. The molecule has 0 radical (unpaired) electrons. The normalized spacial score (nSPS) is 11.8. The summed E-state index contributed by atoms with van der Waals surface area (Å²) < 4.78 is 15.3. The van der Waals surface area contributed by atoms with Gasteiger partial charge in [0.1, 0.15) is 37.4 Å². The molecule has 0 fully saturated rings. The predicted octanol–water partition coefficient (Wildman–Crippen LogP) is 12.3. The minimum Gasteiger partial charge on any atom is -0.492 e. The minimum atomic E-state index is -0.887. The Morgan fingerprint density at radius 2 is 0.932 bits per heavy atom. The summed E-state index contributed by atoms with van der Waals surface area (Å²) in [6.45, 7) is 34.4. The zero-order chi connectivity index (χ0) is 44.6. The Hall–Kier alpha value is -4.91. The third-order valence-corrected chi connectivity index (χ3v) is 10.5. The van der Waals surface area contributed by atoms with Crippen LogP contribution in [0.4, 0.5) is 0 Å². The highest BCUT2D eigenvalue weighted by atomic mass is 16.5. The van der Waals surface area contributed by atoms with Crippen LogP contribution < -0.4 is 4.74 Å². The van der Waals surface area contributed by atoms with E-state index in [2.05, 4.69) is 162 Å². The Labute approximate surface area is 357 Å². The maximum absolute atomic E-state index is 11.0. The van der Waals surface area contributed by atoms with Crippen molar-refractivity contribution in [3.8, 4) is 5.75 Å². The fourth-order valence-electron chi connectivity index (χ4n) is 5.36. The van der Waals surface area contributed by atoms with Gasteiger partial charge in [0, 0.05) is 16.9 Å². The third kappa shape index (κ3) is 19.6. The molecule has 0 saturated carbocycles. The Balaban J connectivity index is 0.000000450. The number of carbonyl (C=O) groups is 1. The van der Waals surface area contributed by atoms with E-state index in [9.17, 15) is 9.90 Å². The molecule has 0 spiro atoms. The average Bonchev–Trinajstić information content (AvgIpc) is 3.24. The van der Waals surface area contributed by atoms with Gasteiger partial charge in [0.2, 0.25) is 0 Å². The molecule has 59 heavy (non-hydrogen) atoms. The van der Waals surface area contributed by atoms with Gasteiger partial charge in [0.15, 0.2) is 0 Å². The minimum absolute atomic E-state index is 0.0468. The van der Waals surface area contributed by atoms with E-state index in [1.165, 1.54) is 57.9 Å². The molecule has 0 aliphatic carbocycles. The van der Waals surface area contributed by atoms with Crippen LogP contribution in [0.1, 0.15) is 114 Å². The Kier molecular flexibility index (Phi) is 23.8. The van der Waals surface area contributed by atoms with Gasteiger partial charge < -0.3 is 24.4 Å². The number of carbonyl (C=O) groups excluding carboxylic acids is 1. The van der Waals surface area contributed by atoms with Crippen LogP contribution in [0.15, 0.2) is 135 Å². The summed E-state index contributed by atoms with van der Waals surface area (Å²) in [5.41, 5.74) is 8.98. The highest BCUT2D eigenvalue weighted by Crippen LogP contribution is 2.33. The molecule has 0 aliphatic rings. The van der Waals surface area contributed by atoms with Crippen molar-refractivity contribution in [3.05, 3.63) is 174 Å². The molecule has 0 bridgehead atoms. The van der Waals surface area contributed by atoms with Gasteiger partial charge in [-0.05, 0) is 73.6 Å². The zero-order valence-corrected chi connectivity index (χ0v) is 38.0. The van der Waals surface area contributed by atoms with E-state index in [0.717, 1.165) is 12.0 Å². The van der Waals surface area contributed by atoms with Gasteiger partial charge in [-0.15, -0.1) is 0 Å². The summed E-state index contributed by atoms with van der Waals surface area (Å²) in [5.74, 6) is 1.53. The number of esters is 1. The number of aliphatic hydroxyl groups is 2. The highest BCUT2D eigenvalue weighted by molar-refractivity contribution is 5.81. The third-order valence-electron chi connectivity index (χ3n) is 10.5. The summed E-state index contributed by atoms with van der Waals surface area (Å²) in [7, 11) is 0. The number of aryl methyl sites for hydroxylation is 3. The van der Waals surface area contributed by atoms with Crippen molar-refractivity contribution in [2.45, 2.75) is 118 Å². The largest absolute Gasteiger partial charge is 0.492 e. The van der Waals surface area contributed by atoms with E-state index in [0.29, 0.717) is 24.5 Å². The fraction of sp³-hybridized carbons (Fsp3) is 0.415. The Morgan fingerprint density at radius 1 is 0.576 bits per heavy atom. The van der Waals surface area contributed by atoms with E-state index in [1.807, 2.05) is 31.2 Å². The van der Waals surface area contributed by atoms with E-state index in [-0.39, 0.29) is 24.0 Å². The molecule has 2 atom stereocenters. The number of aliphatic hydroxyl groups excluding tert-OH is 2. The first-order valence-electron chi connectivity index (χ1n) is 20.9. The zero-order valence-electron chi connectivity index (χ0n) is 38.0. The van der Waals surface area contributed by atoms with Gasteiger partial charge in [-0.1, -0.05) is 190 Å². The van der Waals surface area contributed by atoms with Crippen LogP contribution in [0.25, 0.3) is 0 Å². The molecule has 0 saturated heterocycles. The summed E-state index contributed by atoms with van der Waals surface area (Å²) in [6, 6.07) is 34.0. The van der Waals surface area contributed by atoms with Crippen LogP contribution in [0.5, 0.6) is 5.75 Å². The average molecular weight is 807 g/mol. The van der Waals surface area contributed by atoms with Gasteiger partial charge in [-0.3, -0.25) is 0 Å². The lowest BCUT2D eigenvalue weighted by Gasteiger charge is -2.26. The van der Waals surface area contributed by atoms with Crippen molar-refractivity contribution >= 4 is 5.97 Å². The van der Waals surface area contributed by atoms with Gasteiger partial charge in [0.05, 0.1) is 6.10 Å². The monoisotopic (exact) mass is 807 g/mol. The Bertz CT molecular complexity index is 1730. The molecule has 2 unspecified atom stereocenters. The SMILES string of the molecule is C=CC(=C)OCC(O)CC.C=CC(=O)OCC(O)COc1ccc(C(C)(C)c2ccc(C)cc2)cc1.CCC(C)CC.Cc1ccc(C(C)(C)c2ccc(C)cc2)cc1. The van der Waals surface area contributed by atoms with Crippen molar-refractivity contribution in [1.29, 1.82) is 0 Å². The first-order chi connectivity index (χ1) is 27.8. The van der Waals surface area contributed by atoms with Crippen LogP contribution >= 0.6 is 0 Å². The maximum atomic E-state index is 11.0. The number of allylic oxidation sites excluding steroid dienone is 1. The molecule has 4 aromatic carbocycles. The Morgan fingerprint density at radius 3 is 1.24 bits per heavy atom. The second-order valence-corrected chi connectivity index (χ2v) is 16.1. The second kappa shape index (κ2) is 27.0. The van der Waals surface area contributed by atoms with Gasteiger partial charge >= 0.3 is 5.97 Å². The van der Waals surface area contributed by atoms with E-state index >= 15 is 0 Å². The number of rotatable bonds is 17. The number of benzene rings is 4. The first kappa shape index (κ1) is 52.1. The number of hydrogen-bond donors (Lipinski definition) is 2. The van der Waals surface area contributed by atoms with E-state index in [4.69, 9.17) is 19.3 Å². The van der Waals surface area contributed by atoms with Crippen molar-refractivity contribution < 1.29 is 29.2 Å². The summed E-state index contributed by atoms with van der Waals surface area (Å²) in [6.07, 6.45) is 4.65.